The summed E-state index contributed by atoms with van der Waals surface area (Å²) in [4.78, 5) is 16.5. The van der Waals surface area contributed by atoms with E-state index in [0.29, 0.717) is 18.0 Å². The molecule has 134 valence electrons. The Hall–Kier alpha value is -2.36. The summed E-state index contributed by atoms with van der Waals surface area (Å²) in [5.41, 5.74) is 4.95. The van der Waals surface area contributed by atoms with Crippen molar-refractivity contribution in [3.63, 3.8) is 0 Å². The number of para-hydroxylation sites is 1. The van der Waals surface area contributed by atoms with Gasteiger partial charge in [-0.1, -0.05) is 51.8 Å². The number of rotatable bonds is 8. The molecule has 0 aliphatic carbocycles. The average molecular weight is 339 g/mol. The maximum atomic E-state index is 12.3. The van der Waals surface area contributed by atoms with Crippen molar-refractivity contribution >= 4 is 17.3 Å². The third-order valence-corrected chi connectivity index (χ3v) is 4.26. The number of benzene rings is 1. The second-order valence-electron chi connectivity index (χ2n) is 6.74. The van der Waals surface area contributed by atoms with Crippen LogP contribution in [0.2, 0.25) is 0 Å². The Bertz CT molecular complexity index is 710. The van der Waals surface area contributed by atoms with Crippen molar-refractivity contribution in [3.05, 3.63) is 53.3 Å². The summed E-state index contributed by atoms with van der Waals surface area (Å²) in [6, 6.07) is 8.16. The molecule has 0 atom stereocenters. The van der Waals surface area contributed by atoms with Crippen LogP contribution in [0.1, 0.15) is 67.4 Å². The van der Waals surface area contributed by atoms with Crippen molar-refractivity contribution in [1.29, 1.82) is 0 Å². The van der Waals surface area contributed by atoms with E-state index in [0.717, 1.165) is 30.6 Å². The van der Waals surface area contributed by atoms with E-state index in [4.69, 9.17) is 0 Å². The molecule has 0 radical (unpaired) electrons. The van der Waals surface area contributed by atoms with Gasteiger partial charge in [0.1, 0.15) is 0 Å². The Kier molecular flexibility index (Phi) is 6.99. The van der Waals surface area contributed by atoms with Gasteiger partial charge in [0.2, 0.25) is 0 Å². The molecule has 0 unspecified atom stereocenters. The summed E-state index contributed by atoms with van der Waals surface area (Å²) < 4.78 is 0. The van der Waals surface area contributed by atoms with Crippen molar-refractivity contribution in [2.75, 3.05) is 11.9 Å². The Balaban J connectivity index is 2.13. The van der Waals surface area contributed by atoms with Gasteiger partial charge in [0.05, 0.1) is 17.4 Å². The summed E-state index contributed by atoms with van der Waals surface area (Å²) in [6.07, 6.45) is 6.65. The van der Waals surface area contributed by atoms with Crippen molar-refractivity contribution < 1.29 is 4.79 Å². The molecule has 0 aliphatic heterocycles. The molecule has 0 aliphatic rings. The van der Waals surface area contributed by atoms with Crippen LogP contribution < -0.4 is 10.6 Å². The second-order valence-corrected chi connectivity index (χ2v) is 6.74. The highest BCUT2D eigenvalue weighted by Gasteiger charge is 2.11. The number of carbonyl (C=O) groups excluding carboxylic acids is 1. The van der Waals surface area contributed by atoms with E-state index >= 15 is 0 Å². The lowest BCUT2D eigenvalue weighted by Crippen LogP contribution is -2.24. The standard InChI is InChI=1S/C21H29N3O/c1-5-6-7-11-23-21(25)17-12-18(14-22-13-17)24-20-16(4)9-8-10-19(20)15(2)3/h8-10,12-15,24H,5-7,11H2,1-4H3,(H,23,25). The second kappa shape index (κ2) is 9.21. The van der Waals surface area contributed by atoms with Crippen molar-refractivity contribution in [3.8, 4) is 0 Å². The van der Waals surface area contributed by atoms with Gasteiger partial charge in [-0.05, 0) is 36.5 Å². The minimum absolute atomic E-state index is 0.0684. The number of unbranched alkanes of at least 4 members (excludes halogenated alkanes) is 2. The maximum Gasteiger partial charge on any atom is 0.252 e. The Morgan fingerprint density at radius 1 is 1.20 bits per heavy atom. The lowest BCUT2D eigenvalue weighted by atomic mass is 9.98. The van der Waals surface area contributed by atoms with Gasteiger partial charge >= 0.3 is 0 Å². The van der Waals surface area contributed by atoms with Crippen molar-refractivity contribution in [2.24, 2.45) is 0 Å². The first kappa shape index (κ1) is 19.0. The molecule has 1 heterocycles. The molecule has 2 rings (SSSR count). The molecule has 0 spiro atoms. The topological polar surface area (TPSA) is 54.0 Å². The number of hydrogen-bond donors (Lipinski definition) is 2. The van der Waals surface area contributed by atoms with Crippen LogP contribution in [0.3, 0.4) is 0 Å². The Labute approximate surface area is 151 Å². The molecule has 0 bridgehead atoms. The molecule has 0 saturated carbocycles. The highest BCUT2D eigenvalue weighted by atomic mass is 16.1. The molecule has 1 amide bonds. The smallest absolute Gasteiger partial charge is 0.252 e. The molecular formula is C21H29N3O. The van der Waals surface area contributed by atoms with Gasteiger partial charge in [0.25, 0.3) is 5.91 Å². The third kappa shape index (κ3) is 5.31. The highest BCUT2D eigenvalue weighted by molar-refractivity contribution is 5.94. The van der Waals surface area contributed by atoms with E-state index in [2.05, 4.69) is 61.5 Å². The number of aryl methyl sites for hydroxylation is 1. The van der Waals surface area contributed by atoms with Crippen molar-refractivity contribution in [1.82, 2.24) is 10.3 Å². The van der Waals surface area contributed by atoms with Crippen LogP contribution in [-0.4, -0.2) is 17.4 Å². The number of nitrogens with zero attached hydrogens (tertiary/aromatic N) is 1. The number of nitrogens with one attached hydrogen (secondary N) is 2. The van der Waals surface area contributed by atoms with E-state index < -0.39 is 0 Å². The number of carbonyl (C=O) groups is 1. The third-order valence-electron chi connectivity index (χ3n) is 4.26. The molecule has 4 heteroatoms. The van der Waals surface area contributed by atoms with Crippen molar-refractivity contribution in [2.45, 2.75) is 52.9 Å². The number of amides is 1. The van der Waals surface area contributed by atoms with Crippen LogP contribution in [0.5, 0.6) is 0 Å². The maximum absolute atomic E-state index is 12.3. The first-order valence-corrected chi connectivity index (χ1v) is 9.12. The van der Waals surface area contributed by atoms with E-state index in [-0.39, 0.29) is 5.91 Å². The van der Waals surface area contributed by atoms with Gasteiger partial charge in [-0.15, -0.1) is 0 Å². The summed E-state index contributed by atoms with van der Waals surface area (Å²) in [5.74, 6) is 0.349. The molecule has 4 nitrogen and oxygen atoms in total. The average Bonchev–Trinajstić information content (AvgIpc) is 2.60. The van der Waals surface area contributed by atoms with Crippen LogP contribution in [0, 0.1) is 6.92 Å². The molecule has 1 aromatic heterocycles. The molecule has 0 fully saturated rings. The molecule has 25 heavy (non-hydrogen) atoms. The van der Waals surface area contributed by atoms with Crippen LogP contribution >= 0.6 is 0 Å². The van der Waals surface area contributed by atoms with Gasteiger partial charge in [-0.25, -0.2) is 0 Å². The lowest BCUT2D eigenvalue weighted by Gasteiger charge is -2.17. The zero-order chi connectivity index (χ0) is 18.2. The normalized spacial score (nSPS) is 10.8. The fourth-order valence-electron chi connectivity index (χ4n) is 2.80. The minimum Gasteiger partial charge on any atom is -0.354 e. The molecule has 2 aromatic rings. The zero-order valence-electron chi connectivity index (χ0n) is 15.7. The summed E-state index contributed by atoms with van der Waals surface area (Å²) in [6.45, 7) is 9.31. The predicted molar refractivity (Wildman–Crippen MR) is 105 cm³/mol. The fraction of sp³-hybridized carbons (Fsp3) is 0.429. The SMILES string of the molecule is CCCCCNC(=O)c1cncc(Nc2c(C)cccc2C(C)C)c1. The van der Waals surface area contributed by atoms with Gasteiger partial charge in [-0.3, -0.25) is 9.78 Å². The van der Waals surface area contributed by atoms with E-state index in [1.54, 1.807) is 12.4 Å². The molecule has 2 N–H and O–H groups in total. The summed E-state index contributed by atoms with van der Waals surface area (Å²) in [5, 5.41) is 6.41. The lowest BCUT2D eigenvalue weighted by molar-refractivity contribution is 0.0952. The minimum atomic E-state index is -0.0684. The van der Waals surface area contributed by atoms with Gasteiger partial charge in [0.15, 0.2) is 0 Å². The zero-order valence-corrected chi connectivity index (χ0v) is 15.7. The van der Waals surface area contributed by atoms with Crippen LogP contribution in [0.25, 0.3) is 0 Å². The van der Waals surface area contributed by atoms with E-state index in [1.807, 2.05) is 6.07 Å². The van der Waals surface area contributed by atoms with Gasteiger partial charge in [0, 0.05) is 18.4 Å². The Morgan fingerprint density at radius 3 is 2.72 bits per heavy atom. The van der Waals surface area contributed by atoms with Crippen LogP contribution in [0.4, 0.5) is 11.4 Å². The summed E-state index contributed by atoms with van der Waals surface area (Å²) in [7, 11) is 0. The summed E-state index contributed by atoms with van der Waals surface area (Å²) >= 11 is 0. The van der Waals surface area contributed by atoms with Gasteiger partial charge < -0.3 is 10.6 Å². The Morgan fingerprint density at radius 2 is 2.00 bits per heavy atom. The predicted octanol–water partition coefficient (Wildman–Crippen LogP) is 5.18. The highest BCUT2D eigenvalue weighted by Crippen LogP contribution is 2.30. The molecular weight excluding hydrogens is 310 g/mol. The molecule has 1 aromatic carbocycles. The fourth-order valence-corrected chi connectivity index (χ4v) is 2.80. The van der Waals surface area contributed by atoms with Crippen LogP contribution in [-0.2, 0) is 0 Å². The van der Waals surface area contributed by atoms with E-state index in [1.165, 1.54) is 11.1 Å². The largest absolute Gasteiger partial charge is 0.354 e. The first-order chi connectivity index (χ1) is 12.0. The number of pyridine rings is 1. The monoisotopic (exact) mass is 339 g/mol. The van der Waals surface area contributed by atoms with Crippen LogP contribution in [0.15, 0.2) is 36.7 Å². The quantitative estimate of drug-likeness (QED) is 0.652. The number of anilines is 2. The van der Waals surface area contributed by atoms with Gasteiger partial charge in [-0.2, -0.15) is 0 Å². The number of aromatic nitrogens is 1. The van der Waals surface area contributed by atoms with E-state index in [9.17, 15) is 4.79 Å². The first-order valence-electron chi connectivity index (χ1n) is 9.12. The number of hydrogen-bond acceptors (Lipinski definition) is 3. The molecule has 0 saturated heterocycles.